The average molecular weight is 346 g/mol. The predicted molar refractivity (Wildman–Crippen MR) is 78.3 cm³/mol. The van der Waals surface area contributed by atoms with E-state index in [9.17, 15) is 0 Å². The minimum Gasteiger partial charge on any atom is -0.335 e. The van der Waals surface area contributed by atoms with E-state index in [1.807, 2.05) is 12.4 Å². The summed E-state index contributed by atoms with van der Waals surface area (Å²) >= 11 is 2.24. The molecule has 0 aromatic carbocycles. The molecule has 94 valence electrons. The van der Waals surface area contributed by atoms with Crippen LogP contribution in [0.3, 0.4) is 0 Å². The Morgan fingerprint density at radius 3 is 2.65 bits per heavy atom. The second-order valence-corrected chi connectivity index (χ2v) is 5.67. The van der Waals surface area contributed by atoms with Crippen LogP contribution in [-0.2, 0) is 0 Å². The Bertz CT molecular complexity index is 354. The van der Waals surface area contributed by atoms with E-state index in [0.29, 0.717) is 12.1 Å². The fourth-order valence-corrected chi connectivity index (χ4v) is 2.48. The van der Waals surface area contributed by atoms with E-state index in [2.05, 4.69) is 56.6 Å². The molecule has 2 atom stereocenters. The molecule has 1 fully saturated rings. The third-order valence-electron chi connectivity index (χ3n) is 3.33. The lowest BCUT2D eigenvalue weighted by atomic mass is 10.1. The number of hydrogen-bond acceptors (Lipinski definition) is 4. The SMILES string of the molecule is CCC1CN(c2ncc(I)cn2)C(CC)CN1. The van der Waals surface area contributed by atoms with Crippen LogP contribution in [0.2, 0.25) is 0 Å². The Kier molecular flexibility index (Phi) is 4.55. The second-order valence-electron chi connectivity index (χ2n) is 4.43. The lowest BCUT2D eigenvalue weighted by Crippen LogP contribution is -2.56. The topological polar surface area (TPSA) is 41.1 Å². The van der Waals surface area contributed by atoms with Crippen LogP contribution in [-0.4, -0.2) is 35.1 Å². The molecule has 2 rings (SSSR count). The molecule has 1 aliphatic rings. The van der Waals surface area contributed by atoms with Crippen LogP contribution in [0.15, 0.2) is 12.4 Å². The zero-order valence-electron chi connectivity index (χ0n) is 10.4. The molecule has 17 heavy (non-hydrogen) atoms. The van der Waals surface area contributed by atoms with Crippen molar-refractivity contribution in [3.8, 4) is 0 Å². The molecule has 1 saturated heterocycles. The van der Waals surface area contributed by atoms with Gasteiger partial charge in [-0.05, 0) is 35.4 Å². The summed E-state index contributed by atoms with van der Waals surface area (Å²) in [6.07, 6.45) is 6.05. The van der Waals surface area contributed by atoms with Gasteiger partial charge in [0, 0.05) is 41.1 Å². The Morgan fingerprint density at radius 2 is 2.06 bits per heavy atom. The number of hydrogen-bond donors (Lipinski definition) is 1. The first kappa shape index (κ1) is 13.0. The van der Waals surface area contributed by atoms with E-state index in [1.165, 1.54) is 0 Å². The van der Waals surface area contributed by atoms with Crippen LogP contribution in [0.1, 0.15) is 26.7 Å². The number of halogens is 1. The Labute approximate surface area is 116 Å². The van der Waals surface area contributed by atoms with Crippen LogP contribution in [0.25, 0.3) is 0 Å². The van der Waals surface area contributed by atoms with Crippen molar-refractivity contribution in [2.45, 2.75) is 38.8 Å². The zero-order chi connectivity index (χ0) is 12.3. The molecule has 0 saturated carbocycles. The highest BCUT2D eigenvalue weighted by Crippen LogP contribution is 2.18. The summed E-state index contributed by atoms with van der Waals surface area (Å²) in [6.45, 7) is 6.48. The van der Waals surface area contributed by atoms with Crippen LogP contribution in [0.5, 0.6) is 0 Å². The Morgan fingerprint density at radius 1 is 1.35 bits per heavy atom. The molecule has 0 amide bonds. The van der Waals surface area contributed by atoms with E-state index in [1.54, 1.807) is 0 Å². The third-order valence-corrected chi connectivity index (χ3v) is 3.88. The lowest BCUT2D eigenvalue weighted by Gasteiger charge is -2.39. The van der Waals surface area contributed by atoms with Gasteiger partial charge < -0.3 is 10.2 Å². The molecule has 4 nitrogen and oxygen atoms in total. The summed E-state index contributed by atoms with van der Waals surface area (Å²) in [5.41, 5.74) is 0. The van der Waals surface area contributed by atoms with E-state index < -0.39 is 0 Å². The van der Waals surface area contributed by atoms with Gasteiger partial charge in [-0.25, -0.2) is 9.97 Å². The highest BCUT2D eigenvalue weighted by molar-refractivity contribution is 14.1. The number of nitrogens with zero attached hydrogens (tertiary/aromatic N) is 3. The third kappa shape index (κ3) is 3.07. The van der Waals surface area contributed by atoms with Gasteiger partial charge in [-0.1, -0.05) is 13.8 Å². The number of nitrogens with one attached hydrogen (secondary N) is 1. The summed E-state index contributed by atoms with van der Waals surface area (Å²) in [6, 6.07) is 1.07. The minimum absolute atomic E-state index is 0.512. The van der Waals surface area contributed by atoms with Gasteiger partial charge in [0.2, 0.25) is 5.95 Å². The Hall–Kier alpha value is -0.430. The van der Waals surface area contributed by atoms with Crippen molar-refractivity contribution in [3.05, 3.63) is 16.0 Å². The van der Waals surface area contributed by atoms with Gasteiger partial charge in [-0.2, -0.15) is 0 Å². The smallest absolute Gasteiger partial charge is 0.225 e. The summed E-state index contributed by atoms with van der Waals surface area (Å²) in [5.74, 6) is 0.872. The van der Waals surface area contributed by atoms with Crippen molar-refractivity contribution >= 4 is 28.5 Å². The van der Waals surface area contributed by atoms with Crippen molar-refractivity contribution in [3.63, 3.8) is 0 Å². The van der Waals surface area contributed by atoms with Crippen LogP contribution in [0, 0.1) is 3.57 Å². The van der Waals surface area contributed by atoms with Crippen molar-refractivity contribution in [2.24, 2.45) is 0 Å². The van der Waals surface area contributed by atoms with E-state index >= 15 is 0 Å². The molecule has 5 heteroatoms. The van der Waals surface area contributed by atoms with Gasteiger partial charge in [0.05, 0.1) is 0 Å². The minimum atomic E-state index is 0.512. The highest BCUT2D eigenvalue weighted by atomic mass is 127. The lowest BCUT2D eigenvalue weighted by molar-refractivity contribution is 0.374. The standard InChI is InChI=1S/C12H19IN4/c1-3-10-8-17(11(4-2)7-14-10)12-15-5-9(13)6-16-12/h5-6,10-11,14H,3-4,7-8H2,1-2H3. The average Bonchev–Trinajstić information content (AvgIpc) is 2.39. The number of anilines is 1. The van der Waals surface area contributed by atoms with Gasteiger partial charge in [-0.3, -0.25) is 0 Å². The molecule has 1 aromatic rings. The van der Waals surface area contributed by atoms with Crippen LogP contribution in [0.4, 0.5) is 5.95 Å². The van der Waals surface area contributed by atoms with Crippen molar-refractivity contribution in [2.75, 3.05) is 18.0 Å². The van der Waals surface area contributed by atoms with Crippen LogP contribution < -0.4 is 10.2 Å². The van der Waals surface area contributed by atoms with Gasteiger partial charge in [0.1, 0.15) is 0 Å². The molecule has 1 aliphatic heterocycles. The van der Waals surface area contributed by atoms with E-state index in [-0.39, 0.29) is 0 Å². The largest absolute Gasteiger partial charge is 0.335 e. The maximum Gasteiger partial charge on any atom is 0.225 e. The first-order valence-corrected chi connectivity index (χ1v) is 7.30. The molecule has 0 spiro atoms. The number of piperazine rings is 1. The molecule has 2 unspecified atom stereocenters. The van der Waals surface area contributed by atoms with E-state index in [0.717, 1.165) is 35.4 Å². The zero-order valence-corrected chi connectivity index (χ0v) is 12.5. The molecule has 1 aromatic heterocycles. The van der Waals surface area contributed by atoms with Gasteiger partial charge >= 0.3 is 0 Å². The van der Waals surface area contributed by atoms with Crippen LogP contribution >= 0.6 is 22.6 Å². The summed E-state index contributed by atoms with van der Waals surface area (Å²) in [7, 11) is 0. The van der Waals surface area contributed by atoms with Crippen molar-refractivity contribution in [1.29, 1.82) is 0 Å². The molecule has 0 radical (unpaired) electrons. The maximum absolute atomic E-state index is 4.45. The van der Waals surface area contributed by atoms with Crippen molar-refractivity contribution in [1.82, 2.24) is 15.3 Å². The summed E-state index contributed by atoms with van der Waals surface area (Å²) in [4.78, 5) is 11.2. The molecule has 1 N–H and O–H groups in total. The molecular weight excluding hydrogens is 327 g/mol. The Balaban J connectivity index is 2.17. The fraction of sp³-hybridized carbons (Fsp3) is 0.667. The normalized spacial score (nSPS) is 25.0. The molecular formula is C12H19IN4. The van der Waals surface area contributed by atoms with Gasteiger partial charge in [0.25, 0.3) is 0 Å². The van der Waals surface area contributed by atoms with Gasteiger partial charge in [-0.15, -0.1) is 0 Å². The first-order chi connectivity index (χ1) is 8.24. The molecule has 0 bridgehead atoms. The quantitative estimate of drug-likeness (QED) is 0.851. The second kappa shape index (κ2) is 5.95. The van der Waals surface area contributed by atoms with E-state index in [4.69, 9.17) is 0 Å². The highest BCUT2D eigenvalue weighted by Gasteiger charge is 2.27. The number of rotatable bonds is 3. The predicted octanol–water partition coefficient (Wildman–Crippen LogP) is 2.05. The first-order valence-electron chi connectivity index (χ1n) is 6.22. The maximum atomic E-state index is 4.45. The monoisotopic (exact) mass is 346 g/mol. The fourth-order valence-electron chi connectivity index (χ4n) is 2.20. The van der Waals surface area contributed by atoms with Crippen molar-refractivity contribution < 1.29 is 0 Å². The summed E-state index contributed by atoms with van der Waals surface area (Å²) < 4.78 is 1.08. The van der Waals surface area contributed by atoms with Gasteiger partial charge in [0.15, 0.2) is 0 Å². The molecule has 0 aliphatic carbocycles. The molecule has 2 heterocycles. The summed E-state index contributed by atoms with van der Waals surface area (Å²) in [5, 5.41) is 3.58. The number of aromatic nitrogens is 2.